The van der Waals surface area contributed by atoms with Gasteiger partial charge in [0.1, 0.15) is 0 Å². The third-order valence-electron chi connectivity index (χ3n) is 3.67. The van der Waals surface area contributed by atoms with Gasteiger partial charge in [0.25, 0.3) is 0 Å². The fraction of sp³-hybridized carbons (Fsp3) is 1.00. The summed E-state index contributed by atoms with van der Waals surface area (Å²) in [4.78, 5) is 0. The molecule has 0 spiro atoms. The Labute approximate surface area is 106 Å². The second-order valence-corrected chi connectivity index (χ2v) is 5.55. The molecule has 17 heavy (non-hydrogen) atoms. The Hall–Kier alpha value is -0.160. The van der Waals surface area contributed by atoms with Gasteiger partial charge in [-0.3, -0.25) is 0 Å². The average Bonchev–Trinajstić information content (AvgIpc) is 2.32. The predicted molar refractivity (Wildman–Crippen MR) is 71.7 cm³/mol. The normalized spacial score (nSPS) is 30.2. The third-order valence-corrected chi connectivity index (χ3v) is 3.67. The van der Waals surface area contributed by atoms with Crippen LogP contribution in [0.1, 0.15) is 47.0 Å². The highest BCUT2D eigenvalue weighted by molar-refractivity contribution is 4.87. The van der Waals surface area contributed by atoms with Gasteiger partial charge in [0.2, 0.25) is 0 Å². The van der Waals surface area contributed by atoms with E-state index in [1.54, 1.807) is 0 Å². The Bertz CT molecular complexity index is 215. The molecule has 1 aliphatic rings. The summed E-state index contributed by atoms with van der Waals surface area (Å²) in [5.74, 6) is 0. The van der Waals surface area contributed by atoms with Gasteiger partial charge in [-0.05, 0) is 40.5 Å². The summed E-state index contributed by atoms with van der Waals surface area (Å²) in [5.41, 5.74) is 9.33. The van der Waals surface area contributed by atoms with E-state index in [4.69, 9.17) is 10.5 Å². The Balaban J connectivity index is 2.58. The number of nitrogens with zero attached hydrogens (tertiary/aromatic N) is 1. The van der Waals surface area contributed by atoms with Gasteiger partial charge in [0.05, 0.1) is 12.1 Å². The van der Waals surface area contributed by atoms with Crippen molar-refractivity contribution in [3.63, 3.8) is 0 Å². The number of hydrogen-bond donors (Lipinski definition) is 2. The lowest BCUT2D eigenvalue weighted by Crippen LogP contribution is -2.64. The van der Waals surface area contributed by atoms with Crippen LogP contribution in [0.25, 0.3) is 0 Å². The zero-order chi connectivity index (χ0) is 12.9. The SMILES string of the molecule is CCOCC(C)(CN)NN1C(C)CCCC1C. The van der Waals surface area contributed by atoms with E-state index in [1.165, 1.54) is 19.3 Å². The van der Waals surface area contributed by atoms with Crippen molar-refractivity contribution in [3.05, 3.63) is 0 Å². The number of nitrogens with two attached hydrogens (primary N) is 1. The summed E-state index contributed by atoms with van der Waals surface area (Å²) in [6, 6.07) is 1.15. The van der Waals surface area contributed by atoms with Crippen LogP contribution in [0.2, 0.25) is 0 Å². The number of nitrogens with one attached hydrogen (secondary N) is 1. The van der Waals surface area contributed by atoms with Crippen LogP contribution < -0.4 is 11.2 Å². The average molecular weight is 243 g/mol. The first-order chi connectivity index (χ1) is 8.02. The Morgan fingerprint density at radius 3 is 2.41 bits per heavy atom. The molecule has 4 nitrogen and oxygen atoms in total. The molecule has 0 amide bonds. The van der Waals surface area contributed by atoms with Crippen LogP contribution in [0.5, 0.6) is 0 Å². The van der Waals surface area contributed by atoms with Gasteiger partial charge in [-0.1, -0.05) is 6.42 Å². The fourth-order valence-corrected chi connectivity index (χ4v) is 2.42. The Morgan fingerprint density at radius 2 is 1.94 bits per heavy atom. The van der Waals surface area contributed by atoms with Gasteiger partial charge in [0.15, 0.2) is 0 Å². The van der Waals surface area contributed by atoms with E-state index >= 15 is 0 Å². The van der Waals surface area contributed by atoms with E-state index < -0.39 is 0 Å². The van der Waals surface area contributed by atoms with E-state index in [-0.39, 0.29) is 5.54 Å². The Kier molecular flexibility index (Phi) is 5.86. The number of hydrogen-bond acceptors (Lipinski definition) is 4. The van der Waals surface area contributed by atoms with E-state index in [1.807, 2.05) is 6.92 Å². The first-order valence-corrected chi connectivity index (χ1v) is 6.86. The molecule has 0 radical (unpaired) electrons. The lowest BCUT2D eigenvalue weighted by molar-refractivity contribution is -0.0229. The molecule has 3 unspecified atom stereocenters. The second kappa shape index (κ2) is 6.69. The summed E-state index contributed by atoms with van der Waals surface area (Å²) in [6.45, 7) is 10.7. The molecule has 1 heterocycles. The fourth-order valence-electron chi connectivity index (χ4n) is 2.42. The van der Waals surface area contributed by atoms with Crippen LogP contribution >= 0.6 is 0 Å². The zero-order valence-corrected chi connectivity index (χ0v) is 11.8. The molecule has 0 saturated carbocycles. The molecule has 3 atom stereocenters. The molecule has 0 aromatic carbocycles. The zero-order valence-electron chi connectivity index (χ0n) is 11.8. The lowest BCUT2D eigenvalue weighted by atomic mass is 9.98. The highest BCUT2D eigenvalue weighted by Gasteiger charge is 2.31. The van der Waals surface area contributed by atoms with E-state index in [0.29, 0.717) is 25.2 Å². The minimum Gasteiger partial charge on any atom is -0.380 e. The smallest absolute Gasteiger partial charge is 0.0670 e. The maximum Gasteiger partial charge on any atom is 0.0670 e. The first kappa shape index (κ1) is 14.9. The summed E-state index contributed by atoms with van der Waals surface area (Å²) in [5, 5.41) is 2.37. The first-order valence-electron chi connectivity index (χ1n) is 6.86. The van der Waals surface area contributed by atoms with Crippen molar-refractivity contribution in [2.24, 2.45) is 5.73 Å². The van der Waals surface area contributed by atoms with Gasteiger partial charge in [-0.2, -0.15) is 0 Å². The van der Waals surface area contributed by atoms with Gasteiger partial charge in [-0.15, -0.1) is 0 Å². The van der Waals surface area contributed by atoms with E-state index in [0.717, 1.165) is 6.61 Å². The molecule has 1 rings (SSSR count). The number of rotatable bonds is 6. The molecule has 0 aliphatic carbocycles. The van der Waals surface area contributed by atoms with Crippen LogP contribution in [-0.4, -0.2) is 42.4 Å². The van der Waals surface area contributed by atoms with Crippen molar-refractivity contribution in [3.8, 4) is 0 Å². The molecule has 102 valence electrons. The van der Waals surface area contributed by atoms with Crippen LogP contribution in [0.3, 0.4) is 0 Å². The number of piperidine rings is 1. The lowest BCUT2D eigenvalue weighted by Gasteiger charge is -2.44. The highest BCUT2D eigenvalue weighted by Crippen LogP contribution is 2.22. The van der Waals surface area contributed by atoms with Gasteiger partial charge >= 0.3 is 0 Å². The van der Waals surface area contributed by atoms with Gasteiger partial charge < -0.3 is 10.5 Å². The monoisotopic (exact) mass is 243 g/mol. The molecule has 4 heteroatoms. The highest BCUT2D eigenvalue weighted by atomic mass is 16.5. The largest absolute Gasteiger partial charge is 0.380 e. The van der Waals surface area contributed by atoms with Crippen LogP contribution in [0, 0.1) is 0 Å². The van der Waals surface area contributed by atoms with Crippen LogP contribution in [-0.2, 0) is 4.74 Å². The summed E-state index contributed by atoms with van der Waals surface area (Å²) in [7, 11) is 0. The molecule has 1 fully saturated rings. The van der Waals surface area contributed by atoms with Crippen LogP contribution in [0.4, 0.5) is 0 Å². The minimum atomic E-state index is -0.157. The van der Waals surface area contributed by atoms with Crippen molar-refractivity contribution in [2.45, 2.75) is 64.6 Å². The van der Waals surface area contributed by atoms with Crippen molar-refractivity contribution in [1.29, 1.82) is 0 Å². The summed E-state index contributed by atoms with van der Waals surface area (Å²) in [6.07, 6.45) is 3.84. The molecule has 1 saturated heterocycles. The molecule has 0 bridgehead atoms. The number of hydrazine groups is 1. The van der Waals surface area contributed by atoms with Crippen molar-refractivity contribution in [1.82, 2.24) is 10.4 Å². The molecule has 0 aromatic heterocycles. The van der Waals surface area contributed by atoms with Gasteiger partial charge in [0, 0.05) is 25.2 Å². The topological polar surface area (TPSA) is 50.5 Å². The molecule has 1 aliphatic heterocycles. The molecule has 0 aromatic rings. The van der Waals surface area contributed by atoms with Crippen molar-refractivity contribution in [2.75, 3.05) is 19.8 Å². The van der Waals surface area contributed by atoms with E-state index in [2.05, 4.69) is 31.2 Å². The van der Waals surface area contributed by atoms with E-state index in [9.17, 15) is 0 Å². The third kappa shape index (κ3) is 4.21. The molecular weight excluding hydrogens is 214 g/mol. The quantitative estimate of drug-likeness (QED) is 0.742. The molecule has 3 N–H and O–H groups in total. The summed E-state index contributed by atoms with van der Waals surface area (Å²) < 4.78 is 5.53. The predicted octanol–water partition coefficient (Wildman–Crippen LogP) is 1.51. The van der Waals surface area contributed by atoms with Crippen LogP contribution in [0.15, 0.2) is 0 Å². The number of ether oxygens (including phenoxy) is 1. The van der Waals surface area contributed by atoms with Gasteiger partial charge in [-0.25, -0.2) is 10.4 Å². The summed E-state index contributed by atoms with van der Waals surface area (Å²) >= 11 is 0. The maximum atomic E-state index is 5.89. The minimum absolute atomic E-state index is 0.157. The van der Waals surface area contributed by atoms with Crippen molar-refractivity contribution < 1.29 is 4.74 Å². The maximum absolute atomic E-state index is 5.89. The van der Waals surface area contributed by atoms with Crippen molar-refractivity contribution >= 4 is 0 Å². The molecular formula is C13H29N3O. The Morgan fingerprint density at radius 1 is 1.35 bits per heavy atom. The standard InChI is InChI=1S/C13H29N3O/c1-5-17-10-13(4,9-14)15-16-11(2)7-6-8-12(16)3/h11-12,15H,5-10,14H2,1-4H3. The second-order valence-electron chi connectivity index (χ2n) is 5.55.